The number of nitrogens with one attached hydrogen (secondary N) is 1. The summed E-state index contributed by atoms with van der Waals surface area (Å²) in [5, 5.41) is 15.1. The molecule has 0 atom stereocenters. The van der Waals surface area contributed by atoms with E-state index in [1.165, 1.54) is 17.1 Å². The maximum atomic E-state index is 12.1. The van der Waals surface area contributed by atoms with E-state index in [-0.39, 0.29) is 19.2 Å². The number of carbonyl (C=O) groups excluding carboxylic acids is 1. The molecule has 0 saturated carbocycles. The molecule has 0 fully saturated rings. The molecule has 1 amide bonds. The highest BCUT2D eigenvalue weighted by atomic mass is 16.7. The number of carboxylic acids is 1. The third kappa shape index (κ3) is 2.78. The molecule has 0 unspecified atom stereocenters. The molecule has 1 aromatic heterocycles. The lowest BCUT2D eigenvalue weighted by atomic mass is 10.2. The van der Waals surface area contributed by atoms with E-state index < -0.39 is 5.97 Å². The standard InChI is InChI=1S/C13H11N3O5/c17-12(18)6-16-5-9(4-14-16)15-13(19)8-1-2-10-11(3-8)21-7-20-10/h1-5H,6-7H2,(H,15,19)(H,17,18). The van der Waals surface area contributed by atoms with Crippen molar-refractivity contribution in [2.75, 3.05) is 12.1 Å². The third-order valence-corrected chi connectivity index (χ3v) is 2.82. The molecule has 3 rings (SSSR count). The Morgan fingerprint density at radius 1 is 1.33 bits per heavy atom. The van der Waals surface area contributed by atoms with Crippen LogP contribution < -0.4 is 14.8 Å². The van der Waals surface area contributed by atoms with Gasteiger partial charge >= 0.3 is 5.97 Å². The Morgan fingerprint density at radius 3 is 2.95 bits per heavy atom. The van der Waals surface area contributed by atoms with Crippen LogP contribution in [-0.4, -0.2) is 33.6 Å². The molecule has 1 aliphatic rings. The van der Waals surface area contributed by atoms with Crippen molar-refractivity contribution < 1.29 is 24.2 Å². The Hall–Kier alpha value is -3.03. The van der Waals surface area contributed by atoms with E-state index in [2.05, 4.69) is 10.4 Å². The molecular weight excluding hydrogens is 278 g/mol. The molecular formula is C13H11N3O5. The Balaban J connectivity index is 1.71. The highest BCUT2D eigenvalue weighted by Gasteiger charge is 2.16. The van der Waals surface area contributed by atoms with Crippen molar-refractivity contribution in [1.82, 2.24) is 9.78 Å². The third-order valence-electron chi connectivity index (χ3n) is 2.82. The first kappa shape index (κ1) is 13.0. The predicted octanol–water partition coefficient (Wildman–Crippen LogP) is 0.949. The number of ether oxygens (including phenoxy) is 2. The van der Waals surface area contributed by atoms with E-state index in [1.54, 1.807) is 18.2 Å². The maximum Gasteiger partial charge on any atom is 0.325 e. The van der Waals surface area contributed by atoms with Gasteiger partial charge in [-0.05, 0) is 18.2 Å². The Kier molecular flexibility index (Phi) is 3.19. The number of nitrogens with zero attached hydrogens (tertiary/aromatic N) is 2. The molecule has 108 valence electrons. The van der Waals surface area contributed by atoms with Crippen molar-refractivity contribution in [2.24, 2.45) is 0 Å². The zero-order chi connectivity index (χ0) is 14.8. The Bertz CT molecular complexity index is 710. The van der Waals surface area contributed by atoms with Crippen LogP contribution in [0.25, 0.3) is 0 Å². The number of aromatic nitrogens is 2. The highest BCUT2D eigenvalue weighted by Crippen LogP contribution is 2.32. The summed E-state index contributed by atoms with van der Waals surface area (Å²) in [6.45, 7) is -0.123. The molecule has 2 N–H and O–H groups in total. The summed E-state index contributed by atoms with van der Waals surface area (Å²) in [5.41, 5.74) is 0.823. The SMILES string of the molecule is O=C(O)Cn1cc(NC(=O)c2ccc3c(c2)OCO3)cn1. The van der Waals surface area contributed by atoms with Gasteiger partial charge < -0.3 is 19.9 Å². The van der Waals surface area contributed by atoms with Gasteiger partial charge in [0.2, 0.25) is 6.79 Å². The number of carbonyl (C=O) groups is 2. The van der Waals surface area contributed by atoms with Crippen molar-refractivity contribution >= 4 is 17.6 Å². The zero-order valence-electron chi connectivity index (χ0n) is 10.8. The maximum absolute atomic E-state index is 12.1. The monoisotopic (exact) mass is 289 g/mol. The van der Waals surface area contributed by atoms with E-state index in [0.29, 0.717) is 22.7 Å². The van der Waals surface area contributed by atoms with Crippen LogP contribution in [-0.2, 0) is 11.3 Å². The number of anilines is 1. The summed E-state index contributed by atoms with van der Waals surface area (Å²) in [7, 11) is 0. The van der Waals surface area contributed by atoms with Crippen molar-refractivity contribution in [3.63, 3.8) is 0 Å². The average Bonchev–Trinajstić information content (AvgIpc) is 3.06. The minimum Gasteiger partial charge on any atom is -0.480 e. The number of fused-ring (bicyclic) bond motifs is 1. The lowest BCUT2D eigenvalue weighted by Gasteiger charge is -2.03. The van der Waals surface area contributed by atoms with Crippen LogP contribution in [0.2, 0.25) is 0 Å². The fraction of sp³-hybridized carbons (Fsp3) is 0.154. The summed E-state index contributed by atoms with van der Waals surface area (Å²) in [6, 6.07) is 4.86. The second-order valence-corrected chi connectivity index (χ2v) is 4.34. The average molecular weight is 289 g/mol. The first-order valence-electron chi connectivity index (χ1n) is 6.07. The molecule has 1 aromatic carbocycles. The second-order valence-electron chi connectivity index (χ2n) is 4.34. The number of carboxylic acid groups (broad SMARTS) is 1. The highest BCUT2D eigenvalue weighted by molar-refractivity contribution is 6.04. The van der Waals surface area contributed by atoms with Gasteiger partial charge in [-0.15, -0.1) is 0 Å². The van der Waals surface area contributed by atoms with Crippen LogP contribution >= 0.6 is 0 Å². The van der Waals surface area contributed by atoms with E-state index in [9.17, 15) is 9.59 Å². The van der Waals surface area contributed by atoms with E-state index >= 15 is 0 Å². The first-order valence-corrected chi connectivity index (χ1v) is 6.07. The van der Waals surface area contributed by atoms with Gasteiger partial charge in [0, 0.05) is 11.8 Å². The number of hydrogen-bond donors (Lipinski definition) is 2. The Morgan fingerprint density at radius 2 is 2.14 bits per heavy atom. The van der Waals surface area contributed by atoms with Crippen molar-refractivity contribution in [3.8, 4) is 11.5 Å². The minimum absolute atomic E-state index is 0.141. The van der Waals surface area contributed by atoms with Crippen LogP contribution in [0, 0.1) is 0 Å². The molecule has 8 nitrogen and oxygen atoms in total. The van der Waals surface area contributed by atoms with Gasteiger partial charge in [-0.3, -0.25) is 14.3 Å². The van der Waals surface area contributed by atoms with Gasteiger partial charge in [0.25, 0.3) is 5.91 Å². The zero-order valence-corrected chi connectivity index (χ0v) is 10.8. The van der Waals surface area contributed by atoms with Gasteiger partial charge in [0.15, 0.2) is 11.5 Å². The molecule has 1 aliphatic heterocycles. The molecule has 21 heavy (non-hydrogen) atoms. The lowest BCUT2D eigenvalue weighted by Crippen LogP contribution is -2.11. The summed E-state index contributed by atoms with van der Waals surface area (Å²) in [5.74, 6) is -0.236. The van der Waals surface area contributed by atoms with Crippen LogP contribution in [0.1, 0.15) is 10.4 Å². The van der Waals surface area contributed by atoms with Gasteiger partial charge in [-0.1, -0.05) is 0 Å². The molecule has 2 heterocycles. The van der Waals surface area contributed by atoms with Crippen LogP contribution in [0.3, 0.4) is 0 Å². The first-order chi connectivity index (χ1) is 10.1. The molecule has 0 saturated heterocycles. The summed E-state index contributed by atoms with van der Waals surface area (Å²) >= 11 is 0. The number of hydrogen-bond acceptors (Lipinski definition) is 5. The second kappa shape index (κ2) is 5.16. The number of rotatable bonds is 4. The Labute approximate surface area is 118 Å². The molecule has 8 heteroatoms. The van der Waals surface area contributed by atoms with Crippen LogP contribution in [0.4, 0.5) is 5.69 Å². The largest absolute Gasteiger partial charge is 0.480 e. The predicted molar refractivity (Wildman–Crippen MR) is 70.4 cm³/mol. The number of aliphatic carboxylic acids is 1. The van der Waals surface area contributed by atoms with Gasteiger partial charge in [0.05, 0.1) is 11.9 Å². The summed E-state index contributed by atoms with van der Waals surface area (Å²) in [6.07, 6.45) is 2.83. The fourth-order valence-corrected chi connectivity index (χ4v) is 1.89. The van der Waals surface area contributed by atoms with Crippen LogP contribution in [0.5, 0.6) is 11.5 Å². The quantitative estimate of drug-likeness (QED) is 0.868. The molecule has 0 aliphatic carbocycles. The van der Waals surface area contributed by atoms with E-state index in [4.69, 9.17) is 14.6 Å². The molecule has 0 bridgehead atoms. The summed E-state index contributed by atoms with van der Waals surface area (Å²) < 4.78 is 11.6. The number of amides is 1. The molecule has 0 spiro atoms. The molecule has 2 aromatic rings. The minimum atomic E-state index is -1.01. The normalized spacial score (nSPS) is 12.2. The van der Waals surface area contributed by atoms with Gasteiger partial charge in [0.1, 0.15) is 6.54 Å². The van der Waals surface area contributed by atoms with E-state index in [1.807, 2.05) is 0 Å². The number of benzene rings is 1. The van der Waals surface area contributed by atoms with E-state index in [0.717, 1.165) is 0 Å². The topological polar surface area (TPSA) is 103 Å². The summed E-state index contributed by atoms with van der Waals surface area (Å²) in [4.78, 5) is 22.6. The lowest BCUT2D eigenvalue weighted by molar-refractivity contribution is -0.137. The van der Waals surface area contributed by atoms with Crippen molar-refractivity contribution in [3.05, 3.63) is 36.2 Å². The van der Waals surface area contributed by atoms with Gasteiger partial charge in [-0.25, -0.2) is 0 Å². The smallest absolute Gasteiger partial charge is 0.325 e. The fourth-order valence-electron chi connectivity index (χ4n) is 1.89. The van der Waals surface area contributed by atoms with Crippen LogP contribution in [0.15, 0.2) is 30.6 Å². The molecule has 0 radical (unpaired) electrons. The van der Waals surface area contributed by atoms with Crippen molar-refractivity contribution in [1.29, 1.82) is 0 Å². The van der Waals surface area contributed by atoms with Crippen molar-refractivity contribution in [2.45, 2.75) is 6.54 Å². The van der Waals surface area contributed by atoms with Gasteiger partial charge in [-0.2, -0.15) is 5.10 Å².